The van der Waals surface area contributed by atoms with Crippen LogP contribution in [0.5, 0.6) is 0 Å². The van der Waals surface area contributed by atoms with Gasteiger partial charge in [-0.2, -0.15) is 0 Å². The van der Waals surface area contributed by atoms with Crippen molar-refractivity contribution in [2.24, 2.45) is 0 Å². The van der Waals surface area contributed by atoms with Gasteiger partial charge in [0.1, 0.15) is 0 Å². The van der Waals surface area contributed by atoms with E-state index < -0.39 is 18.1 Å². The fraction of sp³-hybridized carbons (Fsp3) is 0.167. The summed E-state index contributed by atoms with van der Waals surface area (Å²) in [5.74, 6) is -2.10. The molecule has 0 radical (unpaired) electrons. The Kier molecular flexibility index (Phi) is 4.42. The summed E-state index contributed by atoms with van der Waals surface area (Å²) in [6, 6.07) is 5.59. The summed E-state index contributed by atoms with van der Waals surface area (Å²) < 4.78 is 4.73. The molecule has 0 bridgehead atoms. The van der Waals surface area contributed by atoms with E-state index in [2.05, 4.69) is 9.69 Å². The van der Waals surface area contributed by atoms with E-state index in [1.165, 1.54) is 24.3 Å². The largest absolute Gasteiger partial charge is 0.508 e. The Morgan fingerprint density at radius 1 is 1.22 bits per heavy atom. The lowest BCUT2D eigenvalue weighted by Gasteiger charge is -2.04. The number of hydrogen-bond acceptors (Lipinski definition) is 3. The smallest absolute Gasteiger partial charge is 0.478 e. The number of benzene rings is 1. The summed E-state index contributed by atoms with van der Waals surface area (Å²) in [4.78, 5) is 28.4. The highest BCUT2D eigenvalue weighted by Gasteiger charge is 2.22. The number of carbonyl (C=O) groups excluding carboxylic acids is 1. The second-order valence-corrected chi connectivity index (χ2v) is 3.19. The van der Waals surface area contributed by atoms with Gasteiger partial charge in [-0.15, -0.1) is 0 Å². The van der Waals surface area contributed by atoms with Gasteiger partial charge in [-0.3, -0.25) is 0 Å². The molecule has 0 spiro atoms. The van der Waals surface area contributed by atoms with Gasteiger partial charge in [0.2, 0.25) is 6.61 Å². The molecule has 0 fully saturated rings. The zero-order chi connectivity index (χ0) is 13.5. The summed E-state index contributed by atoms with van der Waals surface area (Å²) in [6.07, 6.45) is -1.09. The molecule has 0 unspecified atom stereocenters. The number of carboxylic acids is 1. The first-order valence-electron chi connectivity index (χ1n) is 4.82. The van der Waals surface area contributed by atoms with Gasteiger partial charge >= 0.3 is 18.1 Å². The zero-order valence-corrected chi connectivity index (χ0v) is 9.16. The molecule has 6 nitrogen and oxygen atoms in total. The Labute approximate surface area is 103 Å². The number of carboxylic acid groups (broad SMARTS) is 1. The quantitative estimate of drug-likeness (QED) is 0.646. The van der Waals surface area contributed by atoms with E-state index in [-0.39, 0.29) is 17.7 Å². The van der Waals surface area contributed by atoms with E-state index in [0.29, 0.717) is 0 Å². The SMILES string of the molecule is [C-]#[N+]C(COC(=O)c1ccccc1C(=O)O)[N+]#[C-]. The van der Waals surface area contributed by atoms with Gasteiger partial charge in [0.15, 0.2) is 0 Å². The molecule has 0 saturated carbocycles. The van der Waals surface area contributed by atoms with E-state index in [1.807, 2.05) is 0 Å². The van der Waals surface area contributed by atoms with Gasteiger partial charge < -0.3 is 9.84 Å². The molecule has 1 rings (SSSR count). The Morgan fingerprint density at radius 2 is 1.78 bits per heavy atom. The monoisotopic (exact) mass is 244 g/mol. The van der Waals surface area contributed by atoms with Crippen LogP contribution in [0, 0.1) is 13.1 Å². The summed E-state index contributed by atoms with van der Waals surface area (Å²) >= 11 is 0. The maximum Gasteiger partial charge on any atom is 0.508 e. The van der Waals surface area contributed by atoms with Gasteiger partial charge in [0.25, 0.3) is 0 Å². The molecule has 18 heavy (non-hydrogen) atoms. The molecule has 0 atom stereocenters. The van der Waals surface area contributed by atoms with Crippen LogP contribution < -0.4 is 0 Å². The molecule has 0 aromatic heterocycles. The van der Waals surface area contributed by atoms with Crippen molar-refractivity contribution in [3.63, 3.8) is 0 Å². The molecule has 1 aromatic rings. The van der Waals surface area contributed by atoms with Gasteiger partial charge in [-0.1, -0.05) is 12.1 Å². The maximum absolute atomic E-state index is 11.6. The lowest BCUT2D eigenvalue weighted by molar-refractivity contribution is 0.0495. The van der Waals surface area contributed by atoms with Crippen molar-refractivity contribution >= 4 is 11.9 Å². The predicted octanol–water partition coefficient (Wildman–Crippen LogP) is 1.71. The van der Waals surface area contributed by atoms with Crippen LogP contribution in [0.25, 0.3) is 9.69 Å². The first-order valence-corrected chi connectivity index (χ1v) is 4.82. The van der Waals surface area contributed by atoms with Crippen LogP contribution in [-0.4, -0.2) is 29.8 Å². The highest BCUT2D eigenvalue weighted by Crippen LogP contribution is 2.11. The van der Waals surface area contributed by atoms with E-state index in [4.69, 9.17) is 23.0 Å². The normalized spacial score (nSPS) is 9.28. The standard InChI is InChI=1S/C12H8N2O4/c1-13-10(14-2)7-18-12(17)9-6-4-3-5-8(9)11(15)16/h3-6,10H,7H2,(H,15,16). The zero-order valence-electron chi connectivity index (χ0n) is 9.16. The number of hydrogen-bond donors (Lipinski definition) is 1. The molecular formula is C12H8N2O4. The second kappa shape index (κ2) is 6.02. The molecule has 6 heteroatoms. The molecule has 0 heterocycles. The van der Waals surface area contributed by atoms with Crippen LogP contribution in [0.2, 0.25) is 0 Å². The summed E-state index contributed by atoms with van der Waals surface area (Å²) in [5, 5.41) is 8.88. The van der Waals surface area contributed by atoms with Crippen molar-refractivity contribution in [3.05, 3.63) is 58.2 Å². The van der Waals surface area contributed by atoms with E-state index >= 15 is 0 Å². The highest BCUT2D eigenvalue weighted by molar-refractivity contribution is 6.02. The fourth-order valence-corrected chi connectivity index (χ4v) is 1.18. The minimum Gasteiger partial charge on any atom is -0.478 e. The lowest BCUT2D eigenvalue weighted by atomic mass is 10.1. The third kappa shape index (κ3) is 3.06. The second-order valence-electron chi connectivity index (χ2n) is 3.19. The van der Waals surface area contributed by atoms with Crippen LogP contribution in [0.4, 0.5) is 0 Å². The number of ether oxygens (including phenoxy) is 1. The van der Waals surface area contributed by atoms with Gasteiger partial charge in [0.05, 0.1) is 11.1 Å². The van der Waals surface area contributed by atoms with Crippen LogP contribution in [0.15, 0.2) is 24.3 Å². The van der Waals surface area contributed by atoms with Crippen LogP contribution in [0.1, 0.15) is 20.7 Å². The average molecular weight is 244 g/mol. The summed E-state index contributed by atoms with van der Waals surface area (Å²) in [5.41, 5.74) is -0.275. The van der Waals surface area contributed by atoms with Crippen molar-refractivity contribution < 1.29 is 19.4 Å². The van der Waals surface area contributed by atoms with Crippen molar-refractivity contribution in [1.82, 2.24) is 0 Å². The Bertz CT molecular complexity index is 540. The van der Waals surface area contributed by atoms with Crippen LogP contribution in [-0.2, 0) is 4.74 Å². The Balaban J connectivity index is 2.83. The van der Waals surface area contributed by atoms with Crippen LogP contribution >= 0.6 is 0 Å². The lowest BCUT2D eigenvalue weighted by Crippen LogP contribution is -2.16. The third-order valence-electron chi connectivity index (χ3n) is 2.04. The molecule has 90 valence electrons. The van der Waals surface area contributed by atoms with Gasteiger partial charge in [0, 0.05) is 0 Å². The van der Waals surface area contributed by atoms with E-state index in [9.17, 15) is 9.59 Å². The molecule has 0 saturated heterocycles. The number of aromatic carboxylic acids is 1. The van der Waals surface area contributed by atoms with Crippen LogP contribution in [0.3, 0.4) is 0 Å². The molecule has 0 aliphatic heterocycles. The number of esters is 1. The number of carbonyl (C=O) groups is 2. The van der Waals surface area contributed by atoms with Gasteiger partial charge in [-0.25, -0.2) is 32.4 Å². The maximum atomic E-state index is 11.6. The van der Waals surface area contributed by atoms with Crippen molar-refractivity contribution in [1.29, 1.82) is 0 Å². The number of nitrogens with zero attached hydrogens (tertiary/aromatic N) is 2. The molecule has 0 aliphatic rings. The first kappa shape index (κ1) is 13.2. The van der Waals surface area contributed by atoms with Crippen molar-refractivity contribution in [2.45, 2.75) is 6.17 Å². The predicted molar refractivity (Wildman–Crippen MR) is 60.7 cm³/mol. The molecule has 1 aromatic carbocycles. The summed E-state index contributed by atoms with van der Waals surface area (Å²) in [7, 11) is 0. The third-order valence-corrected chi connectivity index (χ3v) is 2.04. The fourth-order valence-electron chi connectivity index (χ4n) is 1.18. The van der Waals surface area contributed by atoms with E-state index in [1.54, 1.807) is 0 Å². The Morgan fingerprint density at radius 3 is 2.28 bits per heavy atom. The minimum atomic E-state index is -1.24. The van der Waals surface area contributed by atoms with E-state index in [0.717, 1.165) is 0 Å². The Hall–Kier alpha value is -2.86. The molecule has 0 aliphatic carbocycles. The minimum absolute atomic E-state index is 0.0984. The number of rotatable bonds is 4. The molecule has 1 N–H and O–H groups in total. The summed E-state index contributed by atoms with van der Waals surface area (Å²) in [6.45, 7) is 12.9. The molecular weight excluding hydrogens is 236 g/mol. The van der Waals surface area contributed by atoms with Crippen molar-refractivity contribution in [2.75, 3.05) is 6.61 Å². The highest BCUT2D eigenvalue weighted by atomic mass is 16.5. The van der Waals surface area contributed by atoms with Gasteiger partial charge in [-0.05, 0) is 12.1 Å². The van der Waals surface area contributed by atoms with Crippen molar-refractivity contribution in [3.8, 4) is 0 Å². The average Bonchev–Trinajstić information content (AvgIpc) is 2.39. The topological polar surface area (TPSA) is 72.3 Å². The molecule has 0 amide bonds. The first-order chi connectivity index (χ1) is 8.60.